The molecule has 4 aromatic rings. The smallest absolute Gasteiger partial charge is 0.255 e. The molecule has 0 bridgehead atoms. The number of aryl methyl sites for hydroxylation is 3. The minimum Gasteiger partial charge on any atom is -0.322 e. The number of hydrogen-bond acceptors (Lipinski definition) is 5. The first-order valence-corrected chi connectivity index (χ1v) is 11.4. The SMILES string of the molecule is Cc1cc(C)c(NC(=O)c2ccc3nc(NC(=O)Cc4ccc(N([OH2+])[OH2+])cc4)sc3c2)c(C)c1. The van der Waals surface area contributed by atoms with Gasteiger partial charge in [-0.05, 0) is 67.8 Å². The van der Waals surface area contributed by atoms with Gasteiger partial charge in [0.25, 0.3) is 5.91 Å². The second kappa shape index (κ2) is 9.60. The Morgan fingerprint density at radius 3 is 2.26 bits per heavy atom. The molecule has 2 amide bonds. The normalized spacial score (nSPS) is 10.9. The van der Waals surface area contributed by atoms with Gasteiger partial charge in [-0.25, -0.2) is 4.98 Å². The Labute approximate surface area is 200 Å². The zero-order chi connectivity index (χ0) is 24.4. The summed E-state index contributed by atoms with van der Waals surface area (Å²) in [5.41, 5.74) is 6.41. The number of fused-ring (bicyclic) bond motifs is 1. The van der Waals surface area contributed by atoms with Gasteiger partial charge >= 0.3 is 0 Å². The summed E-state index contributed by atoms with van der Waals surface area (Å²) in [6, 6.07) is 16.0. The molecule has 0 aliphatic carbocycles. The number of amides is 2. The fraction of sp³-hybridized carbons (Fsp3) is 0.160. The summed E-state index contributed by atoms with van der Waals surface area (Å²) >= 11 is 1.31. The van der Waals surface area contributed by atoms with Crippen LogP contribution in [0.1, 0.15) is 32.6 Å². The molecule has 0 aliphatic heterocycles. The van der Waals surface area contributed by atoms with Crippen molar-refractivity contribution in [3.8, 4) is 0 Å². The Hall–Kier alpha value is -3.79. The third kappa shape index (κ3) is 5.23. The Morgan fingerprint density at radius 2 is 1.62 bits per heavy atom. The van der Waals surface area contributed by atoms with Gasteiger partial charge in [0.15, 0.2) is 10.8 Å². The molecule has 0 spiro atoms. The second-order valence-corrected chi connectivity index (χ2v) is 9.19. The lowest BCUT2D eigenvalue weighted by Gasteiger charge is -2.12. The largest absolute Gasteiger partial charge is 0.322 e. The zero-order valence-electron chi connectivity index (χ0n) is 19.0. The van der Waals surface area contributed by atoms with Crippen molar-refractivity contribution < 1.29 is 20.0 Å². The topological polar surface area (TPSA) is 120 Å². The van der Waals surface area contributed by atoms with Crippen molar-refractivity contribution in [2.24, 2.45) is 0 Å². The van der Waals surface area contributed by atoms with Gasteiger partial charge in [0, 0.05) is 11.3 Å². The maximum absolute atomic E-state index is 12.9. The molecule has 8 nitrogen and oxygen atoms in total. The Morgan fingerprint density at radius 1 is 0.941 bits per heavy atom. The maximum atomic E-state index is 12.9. The molecule has 0 radical (unpaired) electrons. The van der Waals surface area contributed by atoms with Gasteiger partial charge in [-0.1, -0.05) is 41.2 Å². The monoisotopic (exact) mass is 478 g/mol. The van der Waals surface area contributed by atoms with Crippen molar-refractivity contribution in [1.29, 1.82) is 0 Å². The summed E-state index contributed by atoms with van der Waals surface area (Å²) in [6.07, 6.45) is 0.148. The molecule has 0 unspecified atom stereocenters. The average Bonchev–Trinajstić information content (AvgIpc) is 3.17. The molecule has 1 heterocycles. The lowest BCUT2D eigenvalue weighted by atomic mass is 10.0. The summed E-state index contributed by atoms with van der Waals surface area (Å²) in [7, 11) is 0. The number of hydrogen-bond donors (Lipinski definition) is 2. The summed E-state index contributed by atoms with van der Waals surface area (Å²) in [4.78, 5) is 29.8. The second-order valence-electron chi connectivity index (χ2n) is 8.16. The van der Waals surface area contributed by atoms with E-state index in [0.29, 0.717) is 27.1 Å². The van der Waals surface area contributed by atoms with Gasteiger partial charge in [0.05, 0.1) is 16.6 Å². The van der Waals surface area contributed by atoms with Gasteiger partial charge in [-0.3, -0.25) is 20.0 Å². The van der Waals surface area contributed by atoms with Crippen LogP contribution in [-0.2, 0) is 11.2 Å². The van der Waals surface area contributed by atoms with Crippen molar-refractivity contribution in [2.75, 3.05) is 15.9 Å². The van der Waals surface area contributed by atoms with Crippen LogP contribution in [0.3, 0.4) is 0 Å². The third-order valence-corrected chi connectivity index (χ3v) is 6.31. The minimum absolute atomic E-state index is 0.148. The van der Waals surface area contributed by atoms with Gasteiger partial charge in [0.1, 0.15) is 5.23 Å². The van der Waals surface area contributed by atoms with E-state index < -0.39 is 0 Å². The highest BCUT2D eigenvalue weighted by atomic mass is 32.1. The summed E-state index contributed by atoms with van der Waals surface area (Å²) in [5, 5.41) is 21.3. The number of nitrogens with zero attached hydrogens (tertiary/aromatic N) is 2. The molecule has 1 aromatic heterocycles. The van der Waals surface area contributed by atoms with E-state index in [1.54, 1.807) is 42.5 Å². The predicted octanol–water partition coefficient (Wildman–Crippen LogP) is 3.74. The van der Waals surface area contributed by atoms with Crippen LogP contribution in [0.15, 0.2) is 54.6 Å². The number of carbonyl (C=O) groups excluding carboxylic acids is 2. The van der Waals surface area contributed by atoms with E-state index in [4.69, 9.17) is 10.4 Å². The molecule has 0 saturated carbocycles. The molecule has 34 heavy (non-hydrogen) atoms. The van der Waals surface area contributed by atoms with Crippen LogP contribution >= 0.6 is 11.3 Å². The highest BCUT2D eigenvalue weighted by Crippen LogP contribution is 2.28. The molecule has 0 atom stereocenters. The molecule has 0 aliphatic rings. The van der Waals surface area contributed by atoms with Gasteiger partial charge in [0.2, 0.25) is 5.91 Å². The Kier molecular flexibility index (Phi) is 6.60. The van der Waals surface area contributed by atoms with E-state index in [9.17, 15) is 9.59 Å². The van der Waals surface area contributed by atoms with Crippen molar-refractivity contribution >= 4 is 49.9 Å². The Balaban J connectivity index is 1.45. The number of aromatic nitrogens is 1. The quantitative estimate of drug-likeness (QED) is 0.324. The molecule has 0 fully saturated rings. The Bertz CT molecular complexity index is 1360. The van der Waals surface area contributed by atoms with E-state index >= 15 is 0 Å². The predicted molar refractivity (Wildman–Crippen MR) is 137 cm³/mol. The summed E-state index contributed by atoms with van der Waals surface area (Å²) < 4.78 is 0.802. The first-order valence-electron chi connectivity index (χ1n) is 10.6. The van der Waals surface area contributed by atoms with Crippen LogP contribution in [0.5, 0.6) is 0 Å². The van der Waals surface area contributed by atoms with Crippen LogP contribution in [0.2, 0.25) is 0 Å². The van der Waals surface area contributed by atoms with Crippen LogP contribution in [0, 0.1) is 20.8 Å². The third-order valence-electron chi connectivity index (χ3n) is 5.37. The molecule has 9 heteroatoms. The highest BCUT2D eigenvalue weighted by molar-refractivity contribution is 7.22. The fourth-order valence-corrected chi connectivity index (χ4v) is 4.72. The van der Waals surface area contributed by atoms with Crippen LogP contribution in [0.25, 0.3) is 10.2 Å². The van der Waals surface area contributed by atoms with Crippen LogP contribution in [0.4, 0.5) is 16.5 Å². The van der Waals surface area contributed by atoms with E-state index in [0.717, 1.165) is 32.6 Å². The van der Waals surface area contributed by atoms with Crippen molar-refractivity contribution in [2.45, 2.75) is 27.2 Å². The van der Waals surface area contributed by atoms with Crippen molar-refractivity contribution in [3.63, 3.8) is 0 Å². The summed E-state index contributed by atoms with van der Waals surface area (Å²) in [5.74, 6) is -0.415. The van der Waals surface area contributed by atoms with E-state index in [-0.39, 0.29) is 18.2 Å². The number of anilines is 3. The average molecular weight is 479 g/mol. The van der Waals surface area contributed by atoms with Gasteiger partial charge < -0.3 is 10.6 Å². The molecule has 4 rings (SSSR count). The number of nitrogens with one attached hydrogen (secondary N) is 2. The van der Waals surface area contributed by atoms with Crippen LogP contribution in [-0.4, -0.2) is 27.2 Å². The molecular formula is C25H26N4O4S+2. The standard InChI is InChI=1S/C25H24N4O4S/c1-14-10-15(2)23(16(3)11-14)28-24(31)18-6-9-20-21(13-18)34-25(26-20)27-22(30)12-17-4-7-19(8-5-17)29(32)33/h4-11,13,32-33H,12H2,1-3H3,(H,28,31)(H,26,27,30)/p+2. The molecule has 0 saturated heterocycles. The molecule has 3 aromatic carbocycles. The number of thiazole rings is 1. The highest BCUT2D eigenvalue weighted by Gasteiger charge is 2.14. The van der Waals surface area contributed by atoms with Gasteiger partial charge in [-0.15, -0.1) is 0 Å². The first kappa shape index (κ1) is 23.4. The lowest BCUT2D eigenvalue weighted by Crippen LogP contribution is -2.14. The number of benzene rings is 3. The maximum Gasteiger partial charge on any atom is 0.255 e. The first-order chi connectivity index (χ1) is 16.2. The fourth-order valence-electron chi connectivity index (χ4n) is 3.79. The van der Waals surface area contributed by atoms with Gasteiger partial charge in [-0.2, -0.15) is 0 Å². The van der Waals surface area contributed by atoms with E-state index in [1.807, 2.05) is 32.9 Å². The van der Waals surface area contributed by atoms with E-state index in [2.05, 4.69) is 15.6 Å². The minimum atomic E-state index is -0.219. The van der Waals surface area contributed by atoms with E-state index in [1.165, 1.54) is 11.3 Å². The molecule has 174 valence electrons. The van der Waals surface area contributed by atoms with Crippen molar-refractivity contribution in [1.82, 2.24) is 4.98 Å². The number of rotatable bonds is 6. The lowest BCUT2D eigenvalue weighted by molar-refractivity contribution is -0.115. The zero-order valence-corrected chi connectivity index (χ0v) is 19.8. The molecule has 6 N–H and O–H groups in total. The molecular weight excluding hydrogens is 452 g/mol. The number of carbonyl (C=O) groups is 2. The van der Waals surface area contributed by atoms with Crippen LogP contribution < -0.4 is 15.9 Å². The van der Waals surface area contributed by atoms with Crippen molar-refractivity contribution in [3.05, 3.63) is 82.4 Å². The summed E-state index contributed by atoms with van der Waals surface area (Å²) in [6.45, 7) is 5.98.